The Morgan fingerprint density at radius 3 is 2.58 bits per heavy atom. The van der Waals surface area contributed by atoms with Crippen LogP contribution in [0.2, 0.25) is 0 Å². The van der Waals surface area contributed by atoms with Crippen LogP contribution in [0.4, 0.5) is 5.69 Å². The van der Waals surface area contributed by atoms with Gasteiger partial charge in [-0.05, 0) is 37.3 Å². The second kappa shape index (κ2) is 6.99. The van der Waals surface area contributed by atoms with Gasteiger partial charge in [-0.1, -0.05) is 6.07 Å². The summed E-state index contributed by atoms with van der Waals surface area (Å²) in [4.78, 5) is 12.2. The highest BCUT2D eigenvalue weighted by molar-refractivity contribution is 7.94. The maximum absolute atomic E-state index is 12.7. The zero-order chi connectivity index (χ0) is 18.9. The van der Waals surface area contributed by atoms with Crippen LogP contribution < -0.4 is 10.0 Å². The van der Waals surface area contributed by atoms with Crippen LogP contribution in [0.25, 0.3) is 0 Å². The number of carbonyl (C=O) groups excluding carboxylic acids is 1. The Bertz CT molecular complexity index is 1040. The first-order valence-corrected chi connectivity index (χ1v) is 11.4. The standard InChI is InChI=1S/C15H17N3O5S3/c1-11-5-6-15(24-11)25(20,21)17-12-3-2-4-13(9-12)26(22,23)18-8-7-16-14(19)10-18/h2-6,9,17H,7-8,10H2,1H3,(H,16,19). The van der Waals surface area contributed by atoms with Gasteiger partial charge in [0.2, 0.25) is 15.9 Å². The molecule has 1 aromatic heterocycles. The van der Waals surface area contributed by atoms with Gasteiger partial charge in [0.05, 0.1) is 17.1 Å². The number of nitrogens with zero attached hydrogens (tertiary/aromatic N) is 1. The maximum Gasteiger partial charge on any atom is 0.271 e. The fourth-order valence-corrected chi connectivity index (χ4v) is 6.23. The molecule has 0 atom stereocenters. The van der Waals surface area contributed by atoms with Crippen molar-refractivity contribution in [1.29, 1.82) is 0 Å². The van der Waals surface area contributed by atoms with Crippen molar-refractivity contribution in [3.63, 3.8) is 0 Å². The maximum atomic E-state index is 12.7. The molecule has 1 amide bonds. The van der Waals surface area contributed by atoms with Crippen LogP contribution in [0.15, 0.2) is 45.5 Å². The van der Waals surface area contributed by atoms with Gasteiger partial charge in [-0.3, -0.25) is 9.52 Å². The first kappa shape index (κ1) is 18.8. The Morgan fingerprint density at radius 1 is 1.15 bits per heavy atom. The normalized spacial score (nSPS) is 16.3. The molecule has 2 N–H and O–H groups in total. The van der Waals surface area contributed by atoms with E-state index in [1.165, 1.54) is 30.3 Å². The minimum absolute atomic E-state index is 0.0743. The SMILES string of the molecule is Cc1ccc(S(=O)(=O)Nc2cccc(S(=O)(=O)N3CCNC(=O)C3)c2)s1. The van der Waals surface area contributed by atoms with E-state index in [1.54, 1.807) is 13.0 Å². The fourth-order valence-electron chi connectivity index (χ4n) is 2.45. The predicted molar refractivity (Wildman–Crippen MR) is 98.1 cm³/mol. The largest absolute Gasteiger partial charge is 0.354 e. The minimum Gasteiger partial charge on any atom is -0.354 e. The average molecular weight is 416 g/mol. The molecule has 0 aliphatic carbocycles. The summed E-state index contributed by atoms with van der Waals surface area (Å²) >= 11 is 1.13. The third-order valence-corrected chi connectivity index (χ3v) is 8.42. The predicted octanol–water partition coefficient (Wildman–Crippen LogP) is 0.978. The lowest BCUT2D eigenvalue weighted by Gasteiger charge is -2.26. The second-order valence-corrected chi connectivity index (χ2v) is 10.8. The number of rotatable bonds is 5. The van der Waals surface area contributed by atoms with Gasteiger partial charge in [0.1, 0.15) is 4.21 Å². The second-order valence-electron chi connectivity index (χ2n) is 5.69. The highest BCUT2D eigenvalue weighted by atomic mass is 32.2. The van der Waals surface area contributed by atoms with Gasteiger partial charge < -0.3 is 5.32 Å². The Balaban J connectivity index is 1.87. The van der Waals surface area contributed by atoms with Crippen LogP contribution in [0, 0.1) is 6.92 Å². The molecule has 1 aromatic carbocycles. The summed E-state index contributed by atoms with van der Waals surface area (Å²) in [7, 11) is -7.69. The summed E-state index contributed by atoms with van der Waals surface area (Å²) in [6, 6.07) is 8.74. The van der Waals surface area contributed by atoms with E-state index in [1.807, 2.05) is 0 Å². The van der Waals surface area contributed by atoms with Crippen LogP contribution in [0.5, 0.6) is 0 Å². The highest BCUT2D eigenvalue weighted by Crippen LogP contribution is 2.25. The number of nitrogens with one attached hydrogen (secondary N) is 2. The Kier molecular flexibility index (Phi) is 5.06. The average Bonchev–Trinajstić information content (AvgIpc) is 3.02. The van der Waals surface area contributed by atoms with Crippen molar-refractivity contribution in [3.8, 4) is 0 Å². The smallest absolute Gasteiger partial charge is 0.271 e. The summed E-state index contributed by atoms with van der Waals surface area (Å²) in [6.07, 6.45) is 0. The van der Waals surface area contributed by atoms with Crippen molar-refractivity contribution in [1.82, 2.24) is 9.62 Å². The lowest BCUT2D eigenvalue weighted by atomic mass is 10.3. The molecule has 1 fully saturated rings. The van der Waals surface area contributed by atoms with Gasteiger partial charge in [0, 0.05) is 18.0 Å². The molecule has 0 bridgehead atoms. The Hall–Kier alpha value is -1.95. The summed E-state index contributed by atoms with van der Waals surface area (Å²) in [5.41, 5.74) is 0.138. The molecular weight excluding hydrogens is 398 g/mol. The number of hydrogen-bond donors (Lipinski definition) is 2. The number of amides is 1. The van der Waals surface area contributed by atoms with Gasteiger partial charge in [0.25, 0.3) is 10.0 Å². The zero-order valence-corrected chi connectivity index (χ0v) is 16.2. The zero-order valence-electron chi connectivity index (χ0n) is 13.8. The number of hydrogen-bond acceptors (Lipinski definition) is 6. The molecule has 1 saturated heterocycles. The molecular formula is C15H17N3O5S3. The molecule has 11 heteroatoms. The fraction of sp³-hybridized carbons (Fsp3) is 0.267. The highest BCUT2D eigenvalue weighted by Gasteiger charge is 2.29. The molecule has 0 radical (unpaired) electrons. The lowest BCUT2D eigenvalue weighted by Crippen LogP contribution is -2.49. The van der Waals surface area contributed by atoms with E-state index in [2.05, 4.69) is 10.0 Å². The van der Waals surface area contributed by atoms with E-state index in [9.17, 15) is 21.6 Å². The molecule has 0 unspecified atom stereocenters. The van der Waals surface area contributed by atoms with Gasteiger partial charge in [0.15, 0.2) is 0 Å². The molecule has 1 aliphatic rings. The van der Waals surface area contributed by atoms with Crippen molar-refractivity contribution in [2.45, 2.75) is 16.0 Å². The van der Waals surface area contributed by atoms with E-state index >= 15 is 0 Å². The molecule has 2 heterocycles. The van der Waals surface area contributed by atoms with Crippen LogP contribution in [0.1, 0.15) is 4.88 Å². The van der Waals surface area contributed by atoms with E-state index in [0.29, 0.717) is 0 Å². The monoisotopic (exact) mass is 415 g/mol. The summed E-state index contributed by atoms with van der Waals surface area (Å²) < 4.78 is 53.8. The number of aryl methyl sites for hydroxylation is 1. The van der Waals surface area contributed by atoms with Crippen LogP contribution in [0.3, 0.4) is 0 Å². The van der Waals surface area contributed by atoms with Crippen molar-refractivity contribution >= 4 is 43.0 Å². The van der Waals surface area contributed by atoms with E-state index < -0.39 is 20.0 Å². The van der Waals surface area contributed by atoms with Crippen molar-refractivity contribution in [2.75, 3.05) is 24.4 Å². The molecule has 2 aromatic rings. The molecule has 3 rings (SSSR count). The first-order valence-electron chi connectivity index (χ1n) is 7.65. The number of thiophene rings is 1. The first-order chi connectivity index (χ1) is 12.2. The van der Waals surface area contributed by atoms with E-state index in [4.69, 9.17) is 0 Å². The van der Waals surface area contributed by atoms with Gasteiger partial charge >= 0.3 is 0 Å². The molecule has 26 heavy (non-hydrogen) atoms. The number of piperazine rings is 1. The quantitative estimate of drug-likeness (QED) is 0.756. The summed E-state index contributed by atoms with van der Waals surface area (Å²) in [6.45, 7) is 1.94. The lowest BCUT2D eigenvalue weighted by molar-refractivity contribution is -0.122. The molecule has 0 spiro atoms. The number of anilines is 1. The van der Waals surface area contributed by atoms with Crippen LogP contribution >= 0.6 is 11.3 Å². The van der Waals surface area contributed by atoms with Crippen molar-refractivity contribution in [2.24, 2.45) is 0 Å². The summed E-state index contributed by atoms with van der Waals surface area (Å²) in [5.74, 6) is -0.371. The molecule has 140 valence electrons. The Labute approximate surface area is 155 Å². The van der Waals surface area contributed by atoms with E-state index in [-0.39, 0.29) is 40.3 Å². The molecule has 0 saturated carbocycles. The Morgan fingerprint density at radius 2 is 1.92 bits per heavy atom. The van der Waals surface area contributed by atoms with Crippen molar-refractivity contribution in [3.05, 3.63) is 41.3 Å². The molecule has 8 nitrogen and oxygen atoms in total. The van der Waals surface area contributed by atoms with Gasteiger partial charge in [-0.15, -0.1) is 11.3 Å². The van der Waals surface area contributed by atoms with Crippen LogP contribution in [-0.4, -0.2) is 46.7 Å². The number of benzene rings is 1. The van der Waals surface area contributed by atoms with Gasteiger partial charge in [-0.25, -0.2) is 16.8 Å². The van der Waals surface area contributed by atoms with Crippen LogP contribution in [-0.2, 0) is 24.8 Å². The van der Waals surface area contributed by atoms with Crippen molar-refractivity contribution < 1.29 is 21.6 Å². The molecule has 1 aliphatic heterocycles. The topological polar surface area (TPSA) is 113 Å². The summed E-state index contributed by atoms with van der Waals surface area (Å²) in [5, 5.41) is 2.56. The third kappa shape index (κ3) is 3.90. The minimum atomic E-state index is -3.89. The van der Waals surface area contributed by atoms with Gasteiger partial charge in [-0.2, -0.15) is 4.31 Å². The van der Waals surface area contributed by atoms with E-state index in [0.717, 1.165) is 20.5 Å². The number of sulfonamides is 2. The number of carbonyl (C=O) groups is 1. The third-order valence-electron chi connectivity index (χ3n) is 3.71.